The third kappa shape index (κ3) is 4.40. The van der Waals surface area contributed by atoms with Crippen LogP contribution >= 0.6 is 0 Å². The Morgan fingerprint density at radius 1 is 0.974 bits per heavy atom. The predicted molar refractivity (Wildman–Crippen MR) is 143 cm³/mol. The number of benzene rings is 1. The lowest BCUT2D eigenvalue weighted by atomic mass is 9.95. The minimum Gasteiger partial charge on any atom is -0.356 e. The number of aromatic nitrogens is 4. The smallest absolute Gasteiger partial charge is 0.329 e. The second-order valence-electron chi connectivity index (χ2n) is 9.66. The molecule has 5 heterocycles. The molecule has 0 unspecified atom stereocenters. The topological polar surface area (TPSA) is 146 Å². The van der Waals surface area contributed by atoms with E-state index in [2.05, 4.69) is 30.9 Å². The number of nitrogens with zero attached hydrogens (tertiary/aromatic N) is 8. The van der Waals surface area contributed by atoms with Gasteiger partial charge in [-0.1, -0.05) is 0 Å². The third-order valence-electron chi connectivity index (χ3n) is 7.32. The van der Waals surface area contributed by atoms with Gasteiger partial charge in [-0.05, 0) is 60.7 Å². The van der Waals surface area contributed by atoms with Crippen molar-refractivity contribution in [2.75, 3.05) is 29.4 Å². The van der Waals surface area contributed by atoms with Crippen LogP contribution in [0.4, 0.5) is 22.0 Å². The van der Waals surface area contributed by atoms with Crippen molar-refractivity contribution in [2.24, 2.45) is 5.92 Å². The van der Waals surface area contributed by atoms with Crippen molar-refractivity contribution >= 4 is 34.1 Å². The maximum absolute atomic E-state index is 13.8. The maximum Gasteiger partial charge on any atom is 0.329 e. The first kappa shape index (κ1) is 24.1. The minimum absolute atomic E-state index is 0.182. The van der Waals surface area contributed by atoms with Gasteiger partial charge in [-0.25, -0.2) is 19.7 Å². The number of amides is 2. The highest BCUT2D eigenvalue weighted by molar-refractivity contribution is 6.02. The molecule has 0 atom stereocenters. The molecule has 1 saturated heterocycles. The van der Waals surface area contributed by atoms with E-state index in [0.717, 1.165) is 18.4 Å². The van der Waals surface area contributed by atoms with E-state index in [4.69, 9.17) is 0 Å². The Labute approximate surface area is 223 Å². The summed E-state index contributed by atoms with van der Waals surface area (Å²) in [4.78, 5) is 47.2. The van der Waals surface area contributed by atoms with Gasteiger partial charge in [0.2, 0.25) is 0 Å². The molecule has 1 fully saturated rings. The lowest BCUT2D eigenvalue weighted by molar-refractivity contribution is 0.184. The number of hydrogen-bond acceptors (Lipinski definition) is 8. The summed E-state index contributed by atoms with van der Waals surface area (Å²) in [6.07, 6.45) is 6.21. The lowest BCUT2D eigenvalue weighted by Gasteiger charge is -2.40. The lowest BCUT2D eigenvalue weighted by Crippen LogP contribution is -2.48. The summed E-state index contributed by atoms with van der Waals surface area (Å²) in [6.45, 7) is 2.33. The van der Waals surface area contributed by atoms with Gasteiger partial charge in [0.25, 0.3) is 5.56 Å². The van der Waals surface area contributed by atoms with Crippen LogP contribution in [-0.4, -0.2) is 50.5 Å². The minimum atomic E-state index is -0.213. The number of piperidine rings is 1. The van der Waals surface area contributed by atoms with Gasteiger partial charge in [0, 0.05) is 38.6 Å². The molecular formula is C28H23N9O2. The van der Waals surface area contributed by atoms with Crippen LogP contribution in [0.25, 0.3) is 10.9 Å². The number of fused-ring (bicyclic) bond motifs is 2. The number of urea groups is 1. The first-order valence-electron chi connectivity index (χ1n) is 12.6. The number of anilines is 3. The number of hydrogen-bond donors (Lipinski definition) is 1. The van der Waals surface area contributed by atoms with Crippen molar-refractivity contribution in [3.05, 3.63) is 82.3 Å². The molecule has 1 aromatic carbocycles. The highest BCUT2D eigenvalue weighted by atomic mass is 16.2. The van der Waals surface area contributed by atoms with Crippen molar-refractivity contribution < 1.29 is 4.79 Å². The van der Waals surface area contributed by atoms with Gasteiger partial charge in [-0.15, -0.1) is 0 Å². The predicted octanol–water partition coefficient (Wildman–Crippen LogP) is 3.45. The Balaban J connectivity index is 1.24. The van der Waals surface area contributed by atoms with E-state index in [1.165, 1.54) is 12.5 Å². The van der Waals surface area contributed by atoms with Gasteiger partial charge in [0.15, 0.2) is 0 Å². The van der Waals surface area contributed by atoms with Crippen molar-refractivity contribution in [1.29, 1.82) is 10.5 Å². The number of nitrogens with one attached hydrogen (secondary N) is 1. The average Bonchev–Trinajstić information content (AvgIpc) is 2.97. The molecule has 2 aliphatic rings. The third-order valence-corrected chi connectivity index (χ3v) is 7.32. The van der Waals surface area contributed by atoms with Crippen LogP contribution in [0.5, 0.6) is 0 Å². The van der Waals surface area contributed by atoms with Crippen molar-refractivity contribution in [3.8, 4) is 12.1 Å². The van der Waals surface area contributed by atoms with E-state index >= 15 is 0 Å². The van der Waals surface area contributed by atoms with Gasteiger partial charge in [-0.2, -0.15) is 10.5 Å². The number of aromatic amines is 1. The largest absolute Gasteiger partial charge is 0.356 e. The Morgan fingerprint density at radius 3 is 2.59 bits per heavy atom. The molecule has 0 spiro atoms. The summed E-state index contributed by atoms with van der Waals surface area (Å²) in [6, 6.07) is 14.3. The second-order valence-corrected chi connectivity index (χ2v) is 9.66. The molecule has 11 heteroatoms. The molecule has 6 rings (SSSR count). The number of pyridine rings is 2. The molecule has 3 aromatic heterocycles. The second kappa shape index (κ2) is 9.88. The van der Waals surface area contributed by atoms with Crippen LogP contribution in [-0.2, 0) is 6.54 Å². The molecule has 192 valence electrons. The number of H-pyrrole nitrogens is 1. The van der Waals surface area contributed by atoms with Gasteiger partial charge >= 0.3 is 6.03 Å². The van der Waals surface area contributed by atoms with E-state index < -0.39 is 0 Å². The number of carbonyl (C=O) groups is 1. The summed E-state index contributed by atoms with van der Waals surface area (Å²) < 4.78 is 0. The standard InChI is InChI=1S/C28H23N9O2/c29-13-19-1-2-24-20(11-19)16-36(28(39)37(24)22-3-7-31-21(12-22)14-30)15-18-5-9-35(10-6-18)26-25-23(4-8-32-26)33-17-34-27(25)38/h1-4,7-8,11-12,17-18H,5-6,9-10,15-16H2,(H,33,34,38). The van der Waals surface area contributed by atoms with Crippen molar-refractivity contribution in [1.82, 2.24) is 24.8 Å². The van der Waals surface area contributed by atoms with E-state index in [9.17, 15) is 20.1 Å². The highest BCUT2D eigenvalue weighted by Gasteiger charge is 2.34. The van der Waals surface area contributed by atoms with E-state index in [1.54, 1.807) is 46.3 Å². The molecular weight excluding hydrogens is 494 g/mol. The fourth-order valence-electron chi connectivity index (χ4n) is 5.41. The van der Waals surface area contributed by atoms with Crippen LogP contribution in [0, 0.1) is 28.6 Å². The fraction of sp³-hybridized carbons (Fsp3) is 0.250. The fourth-order valence-corrected chi connectivity index (χ4v) is 5.41. The molecule has 1 N–H and O–H groups in total. The van der Waals surface area contributed by atoms with Gasteiger partial charge < -0.3 is 14.8 Å². The Hall–Kier alpha value is -5.29. The van der Waals surface area contributed by atoms with Crippen LogP contribution in [0.3, 0.4) is 0 Å². The normalized spacial score (nSPS) is 15.6. The first-order chi connectivity index (χ1) is 19.1. The van der Waals surface area contributed by atoms with E-state index in [1.807, 2.05) is 12.1 Å². The van der Waals surface area contributed by atoms with Crippen LogP contribution in [0.2, 0.25) is 0 Å². The van der Waals surface area contributed by atoms with Crippen LogP contribution < -0.4 is 15.4 Å². The van der Waals surface area contributed by atoms with Gasteiger partial charge in [-0.3, -0.25) is 9.69 Å². The summed E-state index contributed by atoms with van der Waals surface area (Å²) >= 11 is 0. The summed E-state index contributed by atoms with van der Waals surface area (Å²) in [5, 5.41) is 19.3. The molecule has 0 radical (unpaired) electrons. The summed E-state index contributed by atoms with van der Waals surface area (Å²) in [5.74, 6) is 0.871. The monoisotopic (exact) mass is 517 g/mol. The molecule has 4 aromatic rings. The zero-order valence-corrected chi connectivity index (χ0v) is 20.9. The Bertz CT molecular complexity index is 1720. The summed E-state index contributed by atoms with van der Waals surface area (Å²) in [7, 11) is 0. The quantitative estimate of drug-likeness (QED) is 0.433. The molecule has 0 saturated carbocycles. The summed E-state index contributed by atoms with van der Waals surface area (Å²) in [5.41, 5.74) is 3.25. The van der Waals surface area contributed by atoms with E-state index in [0.29, 0.717) is 59.8 Å². The molecule has 2 aliphatic heterocycles. The van der Waals surface area contributed by atoms with E-state index in [-0.39, 0.29) is 23.2 Å². The Kier molecular flexibility index (Phi) is 6.10. The average molecular weight is 518 g/mol. The highest BCUT2D eigenvalue weighted by Crippen LogP contribution is 2.36. The molecule has 11 nitrogen and oxygen atoms in total. The zero-order chi connectivity index (χ0) is 26.9. The number of carbonyl (C=O) groups excluding carboxylic acids is 1. The van der Waals surface area contributed by atoms with Gasteiger partial charge in [0.05, 0.1) is 34.9 Å². The maximum atomic E-state index is 13.8. The number of rotatable bonds is 4. The SMILES string of the molecule is N#Cc1ccc2c(c1)CN(CC1CCN(c3nccc4nc[nH]c(=O)c34)CC1)C(=O)N2c1ccnc(C#N)c1. The number of nitriles is 2. The molecule has 0 bridgehead atoms. The Morgan fingerprint density at radius 2 is 1.79 bits per heavy atom. The van der Waals surface area contributed by atoms with Crippen molar-refractivity contribution in [3.63, 3.8) is 0 Å². The van der Waals surface area contributed by atoms with Crippen LogP contribution in [0.1, 0.15) is 29.7 Å². The zero-order valence-electron chi connectivity index (χ0n) is 20.9. The molecule has 0 aliphatic carbocycles. The van der Waals surface area contributed by atoms with Crippen molar-refractivity contribution in [2.45, 2.75) is 19.4 Å². The molecule has 2 amide bonds. The van der Waals surface area contributed by atoms with Gasteiger partial charge in [0.1, 0.15) is 23.0 Å². The molecule has 39 heavy (non-hydrogen) atoms. The van der Waals surface area contributed by atoms with Crippen LogP contribution in [0.15, 0.2) is 59.9 Å². The first-order valence-corrected chi connectivity index (χ1v) is 12.6.